The highest BCUT2D eigenvalue weighted by atomic mass is 15.0. The second-order valence-corrected chi connectivity index (χ2v) is 14.2. The van der Waals surface area contributed by atoms with Gasteiger partial charge < -0.3 is 0 Å². The lowest BCUT2D eigenvalue weighted by Gasteiger charge is -2.12. The van der Waals surface area contributed by atoms with E-state index in [1.165, 1.54) is 0 Å². The van der Waals surface area contributed by atoms with Crippen molar-refractivity contribution in [2.45, 2.75) is 0 Å². The third kappa shape index (κ3) is 5.90. The van der Waals surface area contributed by atoms with Gasteiger partial charge >= 0.3 is 0 Å². The number of aromatic nitrogens is 7. The fraction of sp³-hybridized carbons (Fsp3) is 0. The normalized spacial score (nSPS) is 11.4. The molecule has 6 aromatic carbocycles. The number of pyridine rings is 4. The summed E-state index contributed by atoms with van der Waals surface area (Å²) >= 11 is 0. The predicted octanol–water partition coefficient (Wildman–Crippen LogP) is 12.1. The van der Waals surface area contributed by atoms with Gasteiger partial charge in [-0.2, -0.15) is 0 Å². The summed E-state index contributed by atoms with van der Waals surface area (Å²) in [6, 6.07) is 56.3. The predicted molar refractivity (Wildman–Crippen MR) is 234 cm³/mol. The summed E-state index contributed by atoms with van der Waals surface area (Å²) in [4.78, 5) is 33.9. The Bertz CT molecular complexity index is 3130. The van der Waals surface area contributed by atoms with Crippen LogP contribution in [0.25, 0.3) is 111 Å². The summed E-state index contributed by atoms with van der Waals surface area (Å²) in [6.07, 6.45) is 7.28. The van der Waals surface area contributed by atoms with Crippen LogP contribution in [-0.2, 0) is 0 Å². The van der Waals surface area contributed by atoms with Crippen molar-refractivity contribution in [3.05, 3.63) is 189 Å². The highest BCUT2D eigenvalue weighted by molar-refractivity contribution is 6.11. The molecule has 0 amide bonds. The van der Waals surface area contributed by atoms with Crippen molar-refractivity contribution in [1.29, 1.82) is 0 Å². The van der Waals surface area contributed by atoms with E-state index in [9.17, 15) is 0 Å². The fourth-order valence-electron chi connectivity index (χ4n) is 7.83. The first-order valence-corrected chi connectivity index (χ1v) is 19.1. The lowest BCUT2D eigenvalue weighted by atomic mass is 9.96. The Morgan fingerprint density at radius 3 is 1.03 bits per heavy atom. The van der Waals surface area contributed by atoms with Gasteiger partial charge in [-0.15, -0.1) is 0 Å². The van der Waals surface area contributed by atoms with Gasteiger partial charge in [0, 0.05) is 63.0 Å². The van der Waals surface area contributed by atoms with Gasteiger partial charge in [-0.05, 0) is 69.8 Å². The molecule has 7 nitrogen and oxygen atoms in total. The van der Waals surface area contributed by atoms with E-state index in [1.807, 2.05) is 55.1 Å². The molecule has 0 fully saturated rings. The Kier molecular flexibility index (Phi) is 8.00. The molecule has 0 aliphatic heterocycles. The zero-order valence-electron chi connectivity index (χ0n) is 31.0. The van der Waals surface area contributed by atoms with Crippen LogP contribution in [0, 0.1) is 0 Å². The first kappa shape index (κ1) is 33.3. The Hall–Kier alpha value is -8.03. The molecule has 5 heterocycles. The van der Waals surface area contributed by atoms with Crippen LogP contribution in [0.1, 0.15) is 0 Å². The van der Waals surface area contributed by atoms with Gasteiger partial charge in [0.15, 0.2) is 17.5 Å². The van der Waals surface area contributed by atoms with E-state index < -0.39 is 0 Å². The molecule has 0 aliphatic rings. The summed E-state index contributed by atoms with van der Waals surface area (Å²) in [7, 11) is 0. The van der Waals surface area contributed by atoms with Gasteiger partial charge in [0.2, 0.25) is 0 Å². The van der Waals surface area contributed by atoms with Gasteiger partial charge in [0.25, 0.3) is 0 Å². The Morgan fingerprint density at radius 2 is 0.603 bits per heavy atom. The third-order valence-electron chi connectivity index (χ3n) is 10.7. The van der Waals surface area contributed by atoms with Gasteiger partial charge in [-0.25, -0.2) is 15.0 Å². The average molecular weight is 742 g/mol. The van der Waals surface area contributed by atoms with E-state index in [0.717, 1.165) is 93.7 Å². The van der Waals surface area contributed by atoms with E-state index in [0.29, 0.717) is 17.5 Å². The number of rotatable bonds is 6. The summed E-state index contributed by atoms with van der Waals surface area (Å²) in [6.45, 7) is 0. The second-order valence-electron chi connectivity index (χ2n) is 14.2. The maximum Gasteiger partial charge on any atom is 0.164 e. The number of fused-ring (bicyclic) bond motifs is 6. The molecule has 11 rings (SSSR count). The zero-order valence-corrected chi connectivity index (χ0v) is 31.0. The minimum absolute atomic E-state index is 0.594. The van der Waals surface area contributed by atoms with Crippen LogP contribution in [0.15, 0.2) is 189 Å². The van der Waals surface area contributed by atoms with Crippen LogP contribution in [0.4, 0.5) is 0 Å². The SMILES string of the molecule is c1ccc(-c2ccc(-c3nc(-c4ccc(-c5cc6cccnc6c6ncccc56)cc4)nc(-c4ccc(-c5cc6cccnc6c6ncccc56)cc4)n3)cc2)cc1. The van der Waals surface area contributed by atoms with Crippen LogP contribution in [-0.4, -0.2) is 34.9 Å². The van der Waals surface area contributed by atoms with Crippen LogP contribution in [0.5, 0.6) is 0 Å². The van der Waals surface area contributed by atoms with Crippen LogP contribution >= 0.6 is 0 Å². The number of benzene rings is 6. The van der Waals surface area contributed by atoms with Crippen LogP contribution < -0.4 is 0 Å². The molecule has 7 heteroatoms. The van der Waals surface area contributed by atoms with E-state index in [4.69, 9.17) is 24.9 Å². The van der Waals surface area contributed by atoms with E-state index in [1.54, 1.807) is 0 Å². The third-order valence-corrected chi connectivity index (χ3v) is 10.7. The molecule has 0 N–H and O–H groups in total. The lowest BCUT2D eigenvalue weighted by molar-refractivity contribution is 1.07. The largest absolute Gasteiger partial charge is 0.254 e. The molecule has 11 aromatic rings. The van der Waals surface area contributed by atoms with Crippen molar-refractivity contribution in [1.82, 2.24) is 34.9 Å². The smallest absolute Gasteiger partial charge is 0.164 e. The van der Waals surface area contributed by atoms with Crippen molar-refractivity contribution in [2.24, 2.45) is 0 Å². The first-order valence-electron chi connectivity index (χ1n) is 19.1. The van der Waals surface area contributed by atoms with Crippen molar-refractivity contribution in [2.75, 3.05) is 0 Å². The fourth-order valence-corrected chi connectivity index (χ4v) is 7.83. The topological polar surface area (TPSA) is 90.2 Å². The Labute approximate surface area is 333 Å². The molecule has 0 saturated heterocycles. The first-order chi connectivity index (χ1) is 28.7. The molecule has 0 unspecified atom stereocenters. The summed E-state index contributed by atoms with van der Waals surface area (Å²) < 4.78 is 0. The highest BCUT2D eigenvalue weighted by Gasteiger charge is 2.16. The zero-order chi connectivity index (χ0) is 38.4. The summed E-state index contributed by atoms with van der Waals surface area (Å²) in [5, 5.41) is 4.20. The van der Waals surface area contributed by atoms with Crippen molar-refractivity contribution in [3.8, 4) is 67.5 Å². The quantitative estimate of drug-likeness (QED) is 0.157. The molecular formula is C51H31N7. The molecule has 0 spiro atoms. The minimum atomic E-state index is 0.594. The maximum atomic E-state index is 5.09. The molecule has 270 valence electrons. The molecule has 0 atom stereocenters. The highest BCUT2D eigenvalue weighted by Crippen LogP contribution is 2.36. The van der Waals surface area contributed by atoms with E-state index in [2.05, 4.69) is 143 Å². The van der Waals surface area contributed by atoms with E-state index in [-0.39, 0.29) is 0 Å². The number of hydrogen-bond donors (Lipinski definition) is 0. The van der Waals surface area contributed by atoms with Gasteiger partial charge in [0.1, 0.15) is 0 Å². The molecule has 0 radical (unpaired) electrons. The van der Waals surface area contributed by atoms with Gasteiger partial charge in [0.05, 0.1) is 22.1 Å². The molecule has 0 aliphatic carbocycles. The standard InChI is InChI=1S/C51H31N7/c1-2-8-32(9-3-1)33-14-20-36(21-15-33)49-56-50(37-22-16-34(17-23-37)43-30-39-10-4-26-52-45(39)47-41(43)12-6-28-54-47)58-51(57-49)38-24-18-35(19-25-38)44-31-40-11-5-27-53-46(40)48-42(44)13-7-29-55-48/h1-31H. The van der Waals surface area contributed by atoms with Crippen molar-refractivity contribution in [3.63, 3.8) is 0 Å². The average Bonchev–Trinajstić information content (AvgIpc) is 3.31. The lowest BCUT2D eigenvalue weighted by Crippen LogP contribution is -2.00. The van der Waals surface area contributed by atoms with Gasteiger partial charge in [-0.3, -0.25) is 19.9 Å². The van der Waals surface area contributed by atoms with Crippen molar-refractivity contribution >= 4 is 43.6 Å². The minimum Gasteiger partial charge on any atom is -0.254 e. The van der Waals surface area contributed by atoms with Gasteiger partial charge in [-0.1, -0.05) is 127 Å². The number of hydrogen-bond acceptors (Lipinski definition) is 7. The van der Waals surface area contributed by atoms with Crippen molar-refractivity contribution < 1.29 is 0 Å². The summed E-state index contributed by atoms with van der Waals surface area (Å²) in [5.41, 5.74) is 12.9. The molecule has 58 heavy (non-hydrogen) atoms. The maximum absolute atomic E-state index is 5.09. The van der Waals surface area contributed by atoms with Crippen LogP contribution in [0.3, 0.4) is 0 Å². The monoisotopic (exact) mass is 741 g/mol. The summed E-state index contributed by atoms with van der Waals surface area (Å²) in [5.74, 6) is 1.79. The second kappa shape index (κ2) is 13.9. The van der Waals surface area contributed by atoms with Crippen LogP contribution in [0.2, 0.25) is 0 Å². The molecule has 0 saturated carbocycles. The molecular weight excluding hydrogens is 711 g/mol. The molecule has 5 aromatic heterocycles. The Morgan fingerprint density at radius 1 is 0.259 bits per heavy atom. The van der Waals surface area contributed by atoms with E-state index >= 15 is 0 Å². The molecule has 0 bridgehead atoms. The Balaban J connectivity index is 1.01. The number of nitrogens with zero attached hydrogens (tertiary/aromatic N) is 7.